The Bertz CT molecular complexity index is 651. The van der Waals surface area contributed by atoms with E-state index in [2.05, 4.69) is 30.4 Å². The van der Waals surface area contributed by atoms with Gasteiger partial charge in [0.1, 0.15) is 11.5 Å². The summed E-state index contributed by atoms with van der Waals surface area (Å²) in [4.78, 5) is 0. The van der Waals surface area contributed by atoms with Gasteiger partial charge < -0.3 is 15.2 Å². The molecule has 0 aliphatic heterocycles. The molecular weight excluding hydrogens is 286 g/mol. The van der Waals surface area contributed by atoms with Crippen molar-refractivity contribution in [2.24, 2.45) is 0 Å². The van der Waals surface area contributed by atoms with Crippen LogP contribution in [0.15, 0.2) is 42.5 Å². The number of fused-ring (bicyclic) bond motifs is 1. The molecule has 2 aromatic carbocycles. The number of aryl methyl sites for hydroxylation is 1. The van der Waals surface area contributed by atoms with Gasteiger partial charge in [0.05, 0.1) is 6.61 Å². The topological polar surface area (TPSA) is 41.5 Å². The average molecular weight is 311 g/mol. The van der Waals surface area contributed by atoms with E-state index in [0.29, 0.717) is 18.4 Å². The molecule has 0 amide bonds. The minimum absolute atomic E-state index is 0.275. The quantitative estimate of drug-likeness (QED) is 0.877. The lowest BCUT2D eigenvalue weighted by molar-refractivity contribution is 0.338. The Morgan fingerprint density at radius 2 is 1.96 bits per heavy atom. The van der Waals surface area contributed by atoms with E-state index in [9.17, 15) is 5.11 Å². The van der Waals surface area contributed by atoms with Crippen LogP contribution in [0.25, 0.3) is 0 Å². The van der Waals surface area contributed by atoms with Crippen LogP contribution >= 0.6 is 0 Å². The van der Waals surface area contributed by atoms with Crippen LogP contribution in [0.3, 0.4) is 0 Å². The van der Waals surface area contributed by atoms with Crippen LogP contribution in [0.2, 0.25) is 0 Å². The molecule has 0 saturated heterocycles. The molecule has 122 valence electrons. The summed E-state index contributed by atoms with van der Waals surface area (Å²) in [7, 11) is 0. The van der Waals surface area contributed by atoms with Crippen molar-refractivity contribution in [1.29, 1.82) is 0 Å². The fourth-order valence-electron chi connectivity index (χ4n) is 3.34. The number of hydrogen-bond donors (Lipinski definition) is 2. The third-order valence-electron chi connectivity index (χ3n) is 4.60. The van der Waals surface area contributed by atoms with E-state index in [4.69, 9.17) is 4.74 Å². The third kappa shape index (κ3) is 3.85. The van der Waals surface area contributed by atoms with Crippen molar-refractivity contribution in [2.45, 2.75) is 45.2 Å². The average Bonchev–Trinajstić information content (AvgIpc) is 2.55. The number of benzene rings is 2. The summed E-state index contributed by atoms with van der Waals surface area (Å²) >= 11 is 0. The van der Waals surface area contributed by atoms with E-state index < -0.39 is 0 Å². The van der Waals surface area contributed by atoms with Gasteiger partial charge in [0, 0.05) is 12.1 Å². The molecule has 2 atom stereocenters. The first-order valence-electron chi connectivity index (χ1n) is 8.45. The Hall–Kier alpha value is -2.00. The number of phenolic OH excluding ortho intramolecular Hbond substituents is 1. The second-order valence-electron chi connectivity index (χ2n) is 6.28. The number of ether oxygens (including phenoxy) is 1. The summed E-state index contributed by atoms with van der Waals surface area (Å²) in [6, 6.07) is 14.7. The van der Waals surface area contributed by atoms with E-state index in [1.165, 1.54) is 16.7 Å². The highest BCUT2D eigenvalue weighted by molar-refractivity contribution is 5.38. The zero-order chi connectivity index (χ0) is 16.2. The summed E-state index contributed by atoms with van der Waals surface area (Å²) in [5.74, 6) is 1.29. The molecule has 3 rings (SSSR count). The Labute approximate surface area is 138 Å². The first-order valence-corrected chi connectivity index (χ1v) is 8.45. The van der Waals surface area contributed by atoms with Gasteiger partial charge in [-0.3, -0.25) is 0 Å². The minimum atomic E-state index is 0.275. The van der Waals surface area contributed by atoms with Gasteiger partial charge in [-0.1, -0.05) is 18.2 Å². The first-order chi connectivity index (χ1) is 11.2. The molecule has 0 heterocycles. The molecule has 0 fully saturated rings. The van der Waals surface area contributed by atoms with Crippen LogP contribution in [0.4, 0.5) is 0 Å². The van der Waals surface area contributed by atoms with Gasteiger partial charge in [-0.2, -0.15) is 0 Å². The Kier molecular flexibility index (Phi) is 4.87. The van der Waals surface area contributed by atoms with Gasteiger partial charge >= 0.3 is 0 Å². The van der Waals surface area contributed by atoms with Crippen molar-refractivity contribution in [3.05, 3.63) is 59.2 Å². The normalized spacial score (nSPS) is 18.3. The molecule has 3 nitrogen and oxygen atoms in total. The Morgan fingerprint density at radius 1 is 1.17 bits per heavy atom. The molecule has 0 radical (unpaired) electrons. The highest BCUT2D eigenvalue weighted by atomic mass is 16.5. The predicted octanol–water partition coefficient (Wildman–Crippen LogP) is 4.00. The fraction of sp³-hybridized carbons (Fsp3) is 0.400. The number of hydrogen-bond acceptors (Lipinski definition) is 3. The molecule has 0 aromatic heterocycles. The summed E-state index contributed by atoms with van der Waals surface area (Å²) < 4.78 is 5.62. The molecule has 2 aromatic rings. The summed E-state index contributed by atoms with van der Waals surface area (Å²) in [6.07, 6.45) is 3.31. The summed E-state index contributed by atoms with van der Waals surface area (Å²) in [5, 5.41) is 13.1. The van der Waals surface area contributed by atoms with E-state index in [1.54, 1.807) is 12.1 Å². The van der Waals surface area contributed by atoms with Crippen LogP contribution in [-0.2, 0) is 12.8 Å². The van der Waals surface area contributed by atoms with E-state index in [-0.39, 0.29) is 6.04 Å². The lowest BCUT2D eigenvalue weighted by atomic mass is 9.87. The van der Waals surface area contributed by atoms with Crippen molar-refractivity contribution < 1.29 is 9.84 Å². The highest BCUT2D eigenvalue weighted by Crippen LogP contribution is 2.27. The molecule has 1 aliphatic rings. The standard InChI is InChI=1S/C20H25NO2/c1-3-23-20-11-7-16-4-8-18(12-17(16)13-20)21-14(2)15-5-9-19(22)10-6-15/h5-7,9-11,13-14,18,21-22H,3-4,8,12H2,1-2H3. The van der Waals surface area contributed by atoms with Crippen LogP contribution in [0.1, 0.15) is 43.0 Å². The van der Waals surface area contributed by atoms with Crippen molar-refractivity contribution >= 4 is 0 Å². The van der Waals surface area contributed by atoms with Crippen LogP contribution in [0, 0.1) is 0 Å². The maximum absolute atomic E-state index is 9.41. The Balaban J connectivity index is 1.66. The number of nitrogens with one attached hydrogen (secondary N) is 1. The summed E-state index contributed by atoms with van der Waals surface area (Å²) in [5.41, 5.74) is 4.05. The van der Waals surface area contributed by atoms with E-state index >= 15 is 0 Å². The first kappa shape index (κ1) is 15.9. The number of rotatable bonds is 5. The maximum atomic E-state index is 9.41. The molecular formula is C20H25NO2. The van der Waals surface area contributed by atoms with Gasteiger partial charge in [-0.05, 0) is 74.1 Å². The molecule has 0 saturated carbocycles. The maximum Gasteiger partial charge on any atom is 0.119 e. The van der Waals surface area contributed by atoms with Gasteiger partial charge in [0.2, 0.25) is 0 Å². The van der Waals surface area contributed by atoms with Gasteiger partial charge in [0.25, 0.3) is 0 Å². The zero-order valence-electron chi connectivity index (χ0n) is 13.9. The van der Waals surface area contributed by atoms with E-state index in [0.717, 1.165) is 25.0 Å². The molecule has 2 N–H and O–H groups in total. The van der Waals surface area contributed by atoms with Crippen molar-refractivity contribution in [2.75, 3.05) is 6.61 Å². The smallest absolute Gasteiger partial charge is 0.119 e. The highest BCUT2D eigenvalue weighted by Gasteiger charge is 2.21. The lowest BCUT2D eigenvalue weighted by Crippen LogP contribution is -2.36. The lowest BCUT2D eigenvalue weighted by Gasteiger charge is -2.29. The van der Waals surface area contributed by atoms with Gasteiger partial charge in [0.15, 0.2) is 0 Å². The predicted molar refractivity (Wildman–Crippen MR) is 93.1 cm³/mol. The molecule has 23 heavy (non-hydrogen) atoms. The van der Waals surface area contributed by atoms with Crippen molar-refractivity contribution in [3.8, 4) is 11.5 Å². The van der Waals surface area contributed by atoms with Crippen LogP contribution < -0.4 is 10.1 Å². The second-order valence-corrected chi connectivity index (χ2v) is 6.28. The van der Waals surface area contributed by atoms with Crippen molar-refractivity contribution in [1.82, 2.24) is 5.32 Å². The van der Waals surface area contributed by atoms with Crippen LogP contribution in [0.5, 0.6) is 11.5 Å². The SMILES string of the molecule is CCOc1ccc2c(c1)CC(NC(C)c1ccc(O)cc1)CC2. The summed E-state index contributed by atoms with van der Waals surface area (Å²) in [6.45, 7) is 4.90. The molecule has 0 spiro atoms. The largest absolute Gasteiger partial charge is 0.508 e. The molecule has 3 heteroatoms. The van der Waals surface area contributed by atoms with Gasteiger partial charge in [-0.25, -0.2) is 0 Å². The number of aromatic hydroxyl groups is 1. The van der Waals surface area contributed by atoms with Gasteiger partial charge in [-0.15, -0.1) is 0 Å². The van der Waals surface area contributed by atoms with E-state index in [1.807, 2.05) is 19.1 Å². The number of phenols is 1. The zero-order valence-corrected chi connectivity index (χ0v) is 13.9. The van der Waals surface area contributed by atoms with Crippen molar-refractivity contribution in [3.63, 3.8) is 0 Å². The minimum Gasteiger partial charge on any atom is -0.508 e. The molecule has 1 aliphatic carbocycles. The molecule has 2 unspecified atom stereocenters. The fourth-order valence-corrected chi connectivity index (χ4v) is 3.34. The Morgan fingerprint density at radius 3 is 2.70 bits per heavy atom. The monoisotopic (exact) mass is 311 g/mol. The second kappa shape index (κ2) is 7.05. The third-order valence-corrected chi connectivity index (χ3v) is 4.60. The van der Waals surface area contributed by atoms with Crippen LogP contribution in [-0.4, -0.2) is 17.8 Å². The molecule has 0 bridgehead atoms.